The minimum Gasteiger partial charge on any atom is -0.349 e. The summed E-state index contributed by atoms with van der Waals surface area (Å²) in [5.74, 6) is -0.522. The van der Waals surface area contributed by atoms with Crippen LogP contribution in [-0.4, -0.2) is 47.4 Å². The molecule has 138 valence electrons. The second-order valence-electron chi connectivity index (χ2n) is 6.14. The van der Waals surface area contributed by atoms with E-state index in [-0.39, 0.29) is 11.8 Å². The number of amides is 2. The fourth-order valence-corrected chi connectivity index (χ4v) is 3.95. The summed E-state index contributed by atoms with van der Waals surface area (Å²) < 4.78 is 0. The van der Waals surface area contributed by atoms with E-state index in [9.17, 15) is 9.59 Å². The van der Waals surface area contributed by atoms with Crippen LogP contribution in [0.15, 0.2) is 29.6 Å². The Morgan fingerprint density at radius 3 is 3.00 bits per heavy atom. The number of carbonyl (C=O) groups is 2. The van der Waals surface area contributed by atoms with Crippen molar-refractivity contribution in [2.45, 2.75) is 25.8 Å². The van der Waals surface area contributed by atoms with E-state index in [0.717, 1.165) is 19.5 Å². The summed E-state index contributed by atoms with van der Waals surface area (Å²) in [6.07, 6.45) is 2.27. The minimum atomic E-state index is -0.307. The lowest BCUT2D eigenvalue weighted by molar-refractivity contribution is 0.0936. The third-order valence-electron chi connectivity index (χ3n) is 4.45. The first-order chi connectivity index (χ1) is 12.6. The first kappa shape index (κ1) is 18.8. The average Bonchev–Trinajstić information content (AvgIpc) is 3.28. The maximum atomic E-state index is 12.3. The third kappa shape index (κ3) is 4.60. The molecular formula is C18H21ClN4O2S. The van der Waals surface area contributed by atoms with Gasteiger partial charge in [-0.05, 0) is 44.1 Å². The number of benzene rings is 1. The van der Waals surface area contributed by atoms with Crippen LogP contribution in [0.4, 0.5) is 5.13 Å². The largest absolute Gasteiger partial charge is 0.349 e. The predicted octanol–water partition coefficient (Wildman–Crippen LogP) is 3.26. The quantitative estimate of drug-likeness (QED) is 0.791. The maximum absolute atomic E-state index is 12.3. The number of likely N-dealkylation sites (tertiary alicyclic amines) is 1. The lowest BCUT2D eigenvalue weighted by Gasteiger charge is -2.22. The standard InChI is InChI=1S/C18H21ClN4O2S/c1-2-23-8-4-7-14(23)10-20-17(25)15-11-26-18(21-15)22-16(24)12-5-3-6-13(19)9-12/h3,5-6,9,11,14H,2,4,7-8,10H2,1H3,(H,20,25)(H,21,22,24). The molecule has 3 rings (SSSR count). The highest BCUT2D eigenvalue weighted by Crippen LogP contribution is 2.19. The fourth-order valence-electron chi connectivity index (χ4n) is 3.08. The number of halogens is 1. The molecule has 1 atom stereocenters. The first-order valence-electron chi connectivity index (χ1n) is 8.61. The molecule has 1 unspecified atom stereocenters. The summed E-state index contributed by atoms with van der Waals surface area (Å²) >= 11 is 7.12. The highest BCUT2D eigenvalue weighted by molar-refractivity contribution is 7.14. The van der Waals surface area contributed by atoms with E-state index in [0.29, 0.717) is 34.0 Å². The summed E-state index contributed by atoms with van der Waals surface area (Å²) in [4.78, 5) is 31.1. The van der Waals surface area contributed by atoms with Gasteiger partial charge >= 0.3 is 0 Å². The summed E-state index contributed by atoms with van der Waals surface area (Å²) in [5, 5.41) is 8.16. The van der Waals surface area contributed by atoms with Crippen molar-refractivity contribution in [2.24, 2.45) is 0 Å². The van der Waals surface area contributed by atoms with Gasteiger partial charge in [0.25, 0.3) is 11.8 Å². The molecule has 0 bridgehead atoms. The average molecular weight is 393 g/mol. The molecule has 0 spiro atoms. The van der Waals surface area contributed by atoms with E-state index >= 15 is 0 Å². The molecule has 0 radical (unpaired) electrons. The molecular weight excluding hydrogens is 372 g/mol. The van der Waals surface area contributed by atoms with Crippen molar-refractivity contribution < 1.29 is 9.59 Å². The van der Waals surface area contributed by atoms with Crippen molar-refractivity contribution in [1.29, 1.82) is 0 Å². The minimum absolute atomic E-state index is 0.215. The molecule has 1 aliphatic heterocycles. The zero-order valence-corrected chi connectivity index (χ0v) is 16.1. The second kappa shape index (κ2) is 8.62. The zero-order valence-electron chi connectivity index (χ0n) is 14.5. The van der Waals surface area contributed by atoms with E-state index in [2.05, 4.69) is 27.4 Å². The Morgan fingerprint density at radius 2 is 2.23 bits per heavy atom. The molecule has 1 aromatic carbocycles. The van der Waals surface area contributed by atoms with Crippen LogP contribution in [0.2, 0.25) is 5.02 Å². The number of hydrogen-bond acceptors (Lipinski definition) is 5. The van der Waals surface area contributed by atoms with E-state index in [1.807, 2.05) is 0 Å². The van der Waals surface area contributed by atoms with Gasteiger partial charge < -0.3 is 5.32 Å². The molecule has 0 saturated carbocycles. The summed E-state index contributed by atoms with van der Waals surface area (Å²) in [5.41, 5.74) is 0.761. The number of likely N-dealkylation sites (N-methyl/N-ethyl adjacent to an activating group) is 1. The topological polar surface area (TPSA) is 74.3 Å². The van der Waals surface area contributed by atoms with Crippen LogP contribution in [0.3, 0.4) is 0 Å². The number of anilines is 1. The van der Waals surface area contributed by atoms with Crippen molar-refractivity contribution in [3.8, 4) is 0 Å². The van der Waals surface area contributed by atoms with Crippen LogP contribution in [-0.2, 0) is 0 Å². The van der Waals surface area contributed by atoms with Gasteiger partial charge in [0.1, 0.15) is 5.69 Å². The smallest absolute Gasteiger partial charge is 0.270 e. The number of aromatic nitrogens is 1. The van der Waals surface area contributed by atoms with Gasteiger partial charge in [-0.3, -0.25) is 19.8 Å². The number of hydrogen-bond donors (Lipinski definition) is 2. The van der Waals surface area contributed by atoms with Crippen molar-refractivity contribution in [1.82, 2.24) is 15.2 Å². The van der Waals surface area contributed by atoms with Gasteiger partial charge in [-0.1, -0.05) is 24.6 Å². The molecule has 26 heavy (non-hydrogen) atoms. The number of rotatable bonds is 6. The van der Waals surface area contributed by atoms with Crippen LogP contribution in [0.1, 0.15) is 40.6 Å². The highest BCUT2D eigenvalue weighted by atomic mass is 35.5. The predicted molar refractivity (Wildman–Crippen MR) is 104 cm³/mol. The first-order valence-corrected chi connectivity index (χ1v) is 9.87. The summed E-state index contributed by atoms with van der Waals surface area (Å²) in [6, 6.07) is 7.06. The second-order valence-corrected chi connectivity index (χ2v) is 7.43. The molecule has 2 heterocycles. The Kier molecular flexibility index (Phi) is 6.24. The third-order valence-corrected chi connectivity index (χ3v) is 5.44. The van der Waals surface area contributed by atoms with Crippen LogP contribution in [0, 0.1) is 0 Å². The van der Waals surface area contributed by atoms with Crippen molar-refractivity contribution in [2.75, 3.05) is 25.0 Å². The lowest BCUT2D eigenvalue weighted by atomic mass is 10.2. The van der Waals surface area contributed by atoms with Crippen molar-refractivity contribution in [3.63, 3.8) is 0 Å². The summed E-state index contributed by atoms with van der Waals surface area (Å²) in [6.45, 7) is 4.84. The van der Waals surface area contributed by atoms with E-state index in [1.165, 1.54) is 17.8 Å². The number of nitrogens with one attached hydrogen (secondary N) is 2. The zero-order chi connectivity index (χ0) is 18.5. The normalized spacial score (nSPS) is 17.2. The Balaban J connectivity index is 1.55. The van der Waals surface area contributed by atoms with Gasteiger partial charge in [0.2, 0.25) is 0 Å². The van der Waals surface area contributed by atoms with Gasteiger partial charge in [-0.2, -0.15) is 0 Å². The Morgan fingerprint density at radius 1 is 1.38 bits per heavy atom. The summed E-state index contributed by atoms with van der Waals surface area (Å²) in [7, 11) is 0. The number of carbonyl (C=O) groups excluding carboxylic acids is 2. The van der Waals surface area contributed by atoms with Crippen molar-refractivity contribution >= 4 is 39.9 Å². The maximum Gasteiger partial charge on any atom is 0.270 e. The van der Waals surface area contributed by atoms with Crippen LogP contribution in [0.5, 0.6) is 0 Å². The monoisotopic (exact) mass is 392 g/mol. The molecule has 0 aliphatic carbocycles. The molecule has 1 aromatic heterocycles. The molecule has 2 amide bonds. The fraction of sp³-hybridized carbons (Fsp3) is 0.389. The molecule has 8 heteroatoms. The van der Waals surface area contributed by atoms with Crippen LogP contribution < -0.4 is 10.6 Å². The van der Waals surface area contributed by atoms with E-state index in [1.54, 1.807) is 29.6 Å². The SMILES string of the molecule is CCN1CCCC1CNC(=O)c1csc(NC(=O)c2cccc(Cl)c2)n1. The van der Waals surface area contributed by atoms with E-state index in [4.69, 9.17) is 11.6 Å². The Labute approximate surface area is 161 Å². The molecule has 1 saturated heterocycles. The molecule has 2 N–H and O–H groups in total. The molecule has 1 fully saturated rings. The lowest BCUT2D eigenvalue weighted by Crippen LogP contribution is -2.40. The van der Waals surface area contributed by atoms with Crippen LogP contribution >= 0.6 is 22.9 Å². The van der Waals surface area contributed by atoms with Gasteiger partial charge in [0.15, 0.2) is 5.13 Å². The highest BCUT2D eigenvalue weighted by Gasteiger charge is 2.23. The Bertz CT molecular complexity index is 795. The van der Waals surface area contributed by atoms with Gasteiger partial charge in [-0.15, -0.1) is 11.3 Å². The Hall–Kier alpha value is -1.96. The van der Waals surface area contributed by atoms with Crippen molar-refractivity contribution in [3.05, 3.63) is 45.9 Å². The van der Waals surface area contributed by atoms with Gasteiger partial charge in [-0.25, -0.2) is 4.98 Å². The van der Waals surface area contributed by atoms with E-state index < -0.39 is 0 Å². The van der Waals surface area contributed by atoms with Crippen LogP contribution in [0.25, 0.3) is 0 Å². The molecule has 6 nitrogen and oxygen atoms in total. The number of thiazole rings is 1. The van der Waals surface area contributed by atoms with Gasteiger partial charge in [0.05, 0.1) is 0 Å². The number of nitrogens with zero attached hydrogens (tertiary/aromatic N) is 2. The van der Waals surface area contributed by atoms with Gasteiger partial charge in [0, 0.05) is 28.6 Å². The molecule has 2 aromatic rings. The molecule has 1 aliphatic rings.